The van der Waals surface area contributed by atoms with Crippen molar-refractivity contribution in [3.8, 4) is 0 Å². The van der Waals surface area contributed by atoms with Crippen LogP contribution in [0.15, 0.2) is 24.3 Å². The highest BCUT2D eigenvalue weighted by atomic mass is 19.1. The van der Waals surface area contributed by atoms with Gasteiger partial charge < -0.3 is 10.6 Å². The number of amides is 4. The molecule has 1 heterocycles. The van der Waals surface area contributed by atoms with E-state index in [9.17, 15) is 23.6 Å². The molecule has 0 aromatic heterocycles. The zero-order chi connectivity index (χ0) is 18.8. The van der Waals surface area contributed by atoms with Crippen molar-refractivity contribution in [3.63, 3.8) is 0 Å². The van der Waals surface area contributed by atoms with E-state index in [-0.39, 0.29) is 12.2 Å². The molecule has 0 unspecified atom stereocenters. The molecule has 7 nitrogen and oxygen atoms in total. The summed E-state index contributed by atoms with van der Waals surface area (Å²) in [5, 5.41) is 5.11. The zero-order valence-corrected chi connectivity index (χ0v) is 14.3. The SMILES string of the molecule is CC(=O)C[C@H](C)NC(=O)CN1C(=O)N[C@](C)(c2ccc(F)cc2)C1=O. The summed E-state index contributed by atoms with van der Waals surface area (Å²) in [5.41, 5.74) is -0.948. The summed E-state index contributed by atoms with van der Waals surface area (Å²) in [4.78, 5) is 48.6. The van der Waals surface area contributed by atoms with Crippen LogP contribution in [0.2, 0.25) is 0 Å². The lowest BCUT2D eigenvalue weighted by molar-refractivity contribution is -0.135. The van der Waals surface area contributed by atoms with E-state index in [1.54, 1.807) is 6.92 Å². The molecule has 0 aliphatic carbocycles. The largest absolute Gasteiger partial charge is 0.352 e. The van der Waals surface area contributed by atoms with Crippen LogP contribution in [-0.2, 0) is 19.9 Å². The molecule has 0 radical (unpaired) electrons. The molecular weight excluding hydrogens is 329 g/mol. The highest BCUT2D eigenvalue weighted by molar-refractivity contribution is 6.09. The third-order valence-corrected chi connectivity index (χ3v) is 4.00. The van der Waals surface area contributed by atoms with E-state index in [0.717, 1.165) is 4.90 Å². The number of carbonyl (C=O) groups is 4. The first-order valence-corrected chi connectivity index (χ1v) is 7.82. The van der Waals surface area contributed by atoms with Crippen LogP contribution in [-0.4, -0.2) is 41.1 Å². The van der Waals surface area contributed by atoms with Crippen molar-refractivity contribution in [1.29, 1.82) is 0 Å². The minimum Gasteiger partial charge on any atom is -0.352 e. The molecule has 1 aromatic rings. The Morgan fingerprint density at radius 2 is 1.88 bits per heavy atom. The summed E-state index contributed by atoms with van der Waals surface area (Å²) in [6, 6.07) is 4.11. The summed E-state index contributed by atoms with van der Waals surface area (Å²) in [7, 11) is 0. The second-order valence-corrected chi connectivity index (χ2v) is 6.33. The monoisotopic (exact) mass is 349 g/mol. The normalized spacial score (nSPS) is 21.0. The highest BCUT2D eigenvalue weighted by Gasteiger charge is 2.49. The number of nitrogens with one attached hydrogen (secondary N) is 2. The third-order valence-electron chi connectivity index (χ3n) is 4.00. The number of ketones is 1. The van der Waals surface area contributed by atoms with Crippen molar-refractivity contribution in [2.24, 2.45) is 0 Å². The fourth-order valence-corrected chi connectivity index (χ4v) is 2.77. The molecule has 8 heteroatoms. The maximum Gasteiger partial charge on any atom is 0.325 e. The summed E-state index contributed by atoms with van der Waals surface area (Å²) in [5.74, 6) is -1.68. The van der Waals surface area contributed by atoms with E-state index in [2.05, 4.69) is 10.6 Å². The van der Waals surface area contributed by atoms with Crippen LogP contribution in [0.1, 0.15) is 32.8 Å². The summed E-state index contributed by atoms with van der Waals surface area (Å²) in [6.07, 6.45) is 0.166. The minimum atomic E-state index is -1.37. The predicted octanol–water partition coefficient (Wildman–Crippen LogP) is 1.08. The van der Waals surface area contributed by atoms with Crippen molar-refractivity contribution in [2.45, 2.75) is 38.8 Å². The van der Waals surface area contributed by atoms with E-state index in [1.165, 1.54) is 38.1 Å². The smallest absolute Gasteiger partial charge is 0.325 e. The van der Waals surface area contributed by atoms with Crippen LogP contribution < -0.4 is 10.6 Å². The predicted molar refractivity (Wildman–Crippen MR) is 86.9 cm³/mol. The average molecular weight is 349 g/mol. The number of urea groups is 1. The summed E-state index contributed by atoms with van der Waals surface area (Å²) in [6.45, 7) is 4.11. The number of nitrogens with zero attached hydrogens (tertiary/aromatic N) is 1. The van der Waals surface area contributed by atoms with Gasteiger partial charge in [0, 0.05) is 12.5 Å². The number of benzene rings is 1. The number of hydrogen-bond donors (Lipinski definition) is 2. The number of hydrogen-bond acceptors (Lipinski definition) is 4. The maximum atomic E-state index is 13.1. The quantitative estimate of drug-likeness (QED) is 0.751. The van der Waals surface area contributed by atoms with Gasteiger partial charge in [-0.15, -0.1) is 0 Å². The molecule has 0 spiro atoms. The van der Waals surface area contributed by atoms with Gasteiger partial charge in [0.2, 0.25) is 5.91 Å². The van der Waals surface area contributed by atoms with Gasteiger partial charge in [-0.25, -0.2) is 9.18 Å². The molecule has 2 atom stereocenters. The van der Waals surface area contributed by atoms with Gasteiger partial charge in [0.25, 0.3) is 5.91 Å². The molecule has 0 bridgehead atoms. The molecule has 1 fully saturated rings. The molecule has 1 aromatic carbocycles. The fourth-order valence-electron chi connectivity index (χ4n) is 2.77. The topological polar surface area (TPSA) is 95.6 Å². The number of carbonyl (C=O) groups excluding carboxylic acids is 4. The van der Waals surface area contributed by atoms with E-state index in [4.69, 9.17) is 0 Å². The van der Waals surface area contributed by atoms with E-state index in [0.29, 0.717) is 5.56 Å². The molecule has 25 heavy (non-hydrogen) atoms. The first-order chi connectivity index (χ1) is 11.6. The van der Waals surface area contributed by atoms with Crippen LogP contribution in [0.25, 0.3) is 0 Å². The minimum absolute atomic E-state index is 0.0772. The first-order valence-electron chi connectivity index (χ1n) is 7.82. The number of rotatable bonds is 6. The van der Waals surface area contributed by atoms with Gasteiger partial charge in [-0.3, -0.25) is 19.3 Å². The number of halogens is 1. The van der Waals surface area contributed by atoms with Crippen LogP contribution in [0.4, 0.5) is 9.18 Å². The van der Waals surface area contributed by atoms with Crippen LogP contribution in [0.3, 0.4) is 0 Å². The van der Waals surface area contributed by atoms with E-state index in [1.807, 2.05) is 0 Å². The van der Waals surface area contributed by atoms with E-state index < -0.39 is 41.8 Å². The Bertz CT molecular complexity index is 719. The molecule has 134 valence electrons. The summed E-state index contributed by atoms with van der Waals surface area (Å²) >= 11 is 0. The second-order valence-electron chi connectivity index (χ2n) is 6.33. The average Bonchev–Trinajstić information content (AvgIpc) is 2.71. The van der Waals surface area contributed by atoms with Crippen molar-refractivity contribution in [2.75, 3.05) is 6.54 Å². The van der Waals surface area contributed by atoms with Crippen molar-refractivity contribution in [1.82, 2.24) is 15.5 Å². The second kappa shape index (κ2) is 7.00. The molecule has 2 N–H and O–H groups in total. The van der Waals surface area contributed by atoms with Crippen LogP contribution in [0, 0.1) is 5.82 Å². The Morgan fingerprint density at radius 3 is 2.44 bits per heavy atom. The van der Waals surface area contributed by atoms with Gasteiger partial charge in [0.15, 0.2) is 0 Å². The lowest BCUT2D eigenvalue weighted by Gasteiger charge is -2.22. The molecular formula is C17H20FN3O4. The molecule has 2 rings (SSSR count). The van der Waals surface area contributed by atoms with E-state index >= 15 is 0 Å². The Hall–Kier alpha value is -2.77. The van der Waals surface area contributed by atoms with Gasteiger partial charge in [0.05, 0.1) is 0 Å². The van der Waals surface area contributed by atoms with Crippen molar-refractivity contribution < 1.29 is 23.6 Å². The van der Waals surface area contributed by atoms with Gasteiger partial charge in [-0.2, -0.15) is 0 Å². The maximum absolute atomic E-state index is 13.1. The molecule has 4 amide bonds. The Labute approximate surface area is 144 Å². The lowest BCUT2D eigenvalue weighted by atomic mass is 9.92. The molecule has 1 aliphatic heterocycles. The van der Waals surface area contributed by atoms with Gasteiger partial charge in [-0.05, 0) is 38.5 Å². The first kappa shape index (κ1) is 18.6. The van der Waals surface area contributed by atoms with Gasteiger partial charge in [0.1, 0.15) is 23.7 Å². The molecule has 0 saturated carbocycles. The Balaban J connectivity index is 2.09. The van der Waals surface area contributed by atoms with Gasteiger partial charge in [-0.1, -0.05) is 12.1 Å². The fraction of sp³-hybridized carbons (Fsp3) is 0.412. The van der Waals surface area contributed by atoms with Crippen molar-refractivity contribution >= 4 is 23.6 Å². The van der Waals surface area contributed by atoms with Gasteiger partial charge >= 0.3 is 6.03 Å². The molecule has 1 saturated heterocycles. The lowest BCUT2D eigenvalue weighted by Crippen LogP contribution is -2.45. The highest BCUT2D eigenvalue weighted by Crippen LogP contribution is 2.28. The third kappa shape index (κ3) is 4.01. The van der Waals surface area contributed by atoms with Crippen LogP contribution in [0.5, 0.6) is 0 Å². The number of imide groups is 1. The standard InChI is InChI=1S/C17H20FN3O4/c1-10(8-11(2)22)19-14(23)9-21-15(24)17(3,20-16(21)25)12-4-6-13(18)7-5-12/h4-7,10H,8-9H2,1-3H3,(H,19,23)(H,20,25)/t10-,17+/m0/s1. The molecule has 1 aliphatic rings. The zero-order valence-electron chi connectivity index (χ0n) is 14.3. The Morgan fingerprint density at radius 1 is 1.28 bits per heavy atom. The number of Topliss-reactive ketones (excluding diaryl/α,β-unsaturated/α-hetero) is 1. The van der Waals surface area contributed by atoms with Crippen LogP contribution >= 0.6 is 0 Å². The Kier molecular flexibility index (Phi) is 5.20. The summed E-state index contributed by atoms with van der Waals surface area (Å²) < 4.78 is 13.1. The van der Waals surface area contributed by atoms with Crippen molar-refractivity contribution in [3.05, 3.63) is 35.6 Å².